The molecule has 2 aromatic rings. The third-order valence-electron chi connectivity index (χ3n) is 8.43. The Morgan fingerprint density at radius 3 is 1.91 bits per heavy atom. The summed E-state index contributed by atoms with van der Waals surface area (Å²) in [6.07, 6.45) is 5.59. The molecule has 1 aliphatic heterocycles. The number of para-hydroxylation sites is 1. The molecule has 4 heteroatoms. The smallest absolute Gasteiger partial charge is 0.667 e. The largest absolute Gasteiger partial charge is 4.00 e. The van der Waals surface area contributed by atoms with Gasteiger partial charge in [-0.3, -0.25) is 0 Å². The molecule has 0 N–H and O–H groups in total. The van der Waals surface area contributed by atoms with Crippen LogP contribution < -0.4 is 4.90 Å². The average Bonchev–Trinajstić information content (AvgIpc) is 3.26. The molecule has 2 aliphatic carbocycles. The van der Waals surface area contributed by atoms with Gasteiger partial charge < -0.3 is 32.2 Å². The van der Waals surface area contributed by atoms with Crippen molar-refractivity contribution in [2.45, 2.75) is 57.3 Å². The molecule has 0 spiro atoms. The predicted molar refractivity (Wildman–Crippen MR) is 150 cm³/mol. The first-order chi connectivity index (χ1) is 14.5. The Morgan fingerprint density at radius 1 is 0.824 bits per heavy atom. The molecule has 34 heavy (non-hydrogen) atoms. The Labute approximate surface area is 226 Å². The summed E-state index contributed by atoms with van der Waals surface area (Å²) in [7, 11) is 0.378. The summed E-state index contributed by atoms with van der Waals surface area (Å²) in [5.74, 6) is 2.27. The van der Waals surface area contributed by atoms with Gasteiger partial charge in [-0.1, -0.05) is 89.1 Å². The molecule has 0 aromatic heterocycles. The molecule has 1 heterocycles. The summed E-state index contributed by atoms with van der Waals surface area (Å²) in [6, 6.07) is 22.9. The fourth-order valence-corrected chi connectivity index (χ4v) is 10.1. The Hall–Kier alpha value is -1.13. The van der Waals surface area contributed by atoms with Crippen LogP contribution in [0.3, 0.4) is 0 Å². The van der Waals surface area contributed by atoms with Gasteiger partial charge in [-0.15, -0.1) is 0 Å². The second-order valence-electron chi connectivity index (χ2n) is 10.1. The number of anilines is 1. The second-order valence-corrected chi connectivity index (χ2v) is 14.5. The van der Waals surface area contributed by atoms with Gasteiger partial charge in [0.1, 0.15) is 0 Å². The van der Waals surface area contributed by atoms with E-state index in [9.17, 15) is 0 Å². The molecule has 0 radical (unpaired) electrons. The van der Waals surface area contributed by atoms with Crippen LogP contribution in [0.1, 0.15) is 38.2 Å². The SMILES string of the molecule is C[N-][Si](C)(C)C1C2CCCCC2C2C(c3ccccc3)=C(C)N(c3ccccc3)C21.[CH3-].[CH3-].[CH3-].[Ti+4]. The summed E-state index contributed by atoms with van der Waals surface area (Å²) in [4.78, 5) is 7.83. The van der Waals surface area contributed by atoms with E-state index in [0.717, 1.165) is 11.8 Å². The van der Waals surface area contributed by atoms with E-state index in [1.54, 1.807) is 5.57 Å². The zero-order valence-electron chi connectivity index (χ0n) is 22.4. The monoisotopic (exact) mass is 508 g/mol. The van der Waals surface area contributed by atoms with Crippen LogP contribution in [0, 0.1) is 40.0 Å². The van der Waals surface area contributed by atoms with Crippen molar-refractivity contribution in [3.05, 3.63) is 99.2 Å². The summed E-state index contributed by atoms with van der Waals surface area (Å²) in [5, 5.41) is 0. The van der Waals surface area contributed by atoms with Crippen LogP contribution in [0.4, 0.5) is 5.69 Å². The van der Waals surface area contributed by atoms with Crippen LogP contribution in [0.5, 0.6) is 0 Å². The molecule has 0 bridgehead atoms. The predicted octanol–water partition coefficient (Wildman–Crippen LogP) is 8.67. The molecular weight excluding hydrogens is 464 g/mol. The van der Waals surface area contributed by atoms with Crippen molar-refractivity contribution >= 4 is 19.5 Å². The van der Waals surface area contributed by atoms with Crippen molar-refractivity contribution in [3.8, 4) is 0 Å². The maximum Gasteiger partial charge on any atom is 4.00 e. The summed E-state index contributed by atoms with van der Waals surface area (Å²) < 4.78 is 0. The van der Waals surface area contributed by atoms with Crippen molar-refractivity contribution in [1.29, 1.82) is 0 Å². The minimum Gasteiger partial charge on any atom is -0.667 e. The topological polar surface area (TPSA) is 17.3 Å². The molecule has 5 atom stereocenters. The van der Waals surface area contributed by atoms with Crippen molar-refractivity contribution in [1.82, 2.24) is 0 Å². The van der Waals surface area contributed by atoms with Gasteiger partial charge in [0, 0.05) is 23.3 Å². The van der Waals surface area contributed by atoms with Gasteiger partial charge in [0.25, 0.3) is 0 Å². The maximum atomic E-state index is 5.10. The number of hydrogen-bond donors (Lipinski definition) is 0. The molecular formula is C30H44N2SiTi. The Morgan fingerprint density at radius 2 is 1.35 bits per heavy atom. The average molecular weight is 509 g/mol. The first-order valence-electron chi connectivity index (χ1n) is 11.8. The van der Waals surface area contributed by atoms with Gasteiger partial charge in [0.2, 0.25) is 0 Å². The number of nitrogens with zero attached hydrogens (tertiary/aromatic N) is 2. The molecule has 5 unspecified atom stereocenters. The number of allylic oxidation sites excluding steroid dienone is 1. The Balaban J connectivity index is 0.00000144. The normalized spacial score (nSPS) is 27.4. The number of fused-ring (bicyclic) bond motifs is 3. The van der Waals surface area contributed by atoms with Gasteiger partial charge in [0.15, 0.2) is 0 Å². The zero-order chi connectivity index (χ0) is 20.9. The fraction of sp³-hybridized carbons (Fsp3) is 0.433. The van der Waals surface area contributed by atoms with E-state index in [1.165, 1.54) is 42.6 Å². The molecule has 0 amide bonds. The van der Waals surface area contributed by atoms with Gasteiger partial charge in [-0.05, 0) is 54.0 Å². The van der Waals surface area contributed by atoms with Crippen LogP contribution in [0.15, 0.2) is 66.4 Å². The van der Waals surface area contributed by atoms with Gasteiger partial charge in [-0.2, -0.15) is 7.05 Å². The molecule has 3 aliphatic rings. The van der Waals surface area contributed by atoms with Gasteiger partial charge in [0.05, 0.1) is 0 Å². The molecule has 2 saturated carbocycles. The third kappa shape index (κ3) is 4.91. The summed E-state index contributed by atoms with van der Waals surface area (Å²) >= 11 is 0. The van der Waals surface area contributed by atoms with E-state index >= 15 is 0 Å². The Kier molecular flexibility index (Phi) is 11.1. The van der Waals surface area contributed by atoms with Crippen LogP contribution in [0.25, 0.3) is 10.6 Å². The van der Waals surface area contributed by atoms with Crippen LogP contribution in [0.2, 0.25) is 18.6 Å². The zero-order valence-corrected chi connectivity index (χ0v) is 24.9. The molecule has 0 saturated heterocycles. The molecule has 2 aromatic carbocycles. The van der Waals surface area contributed by atoms with Gasteiger partial charge in [-0.25, -0.2) is 0 Å². The van der Waals surface area contributed by atoms with E-state index in [-0.39, 0.29) is 44.0 Å². The first kappa shape index (κ1) is 30.9. The van der Waals surface area contributed by atoms with E-state index in [4.69, 9.17) is 4.98 Å². The van der Waals surface area contributed by atoms with E-state index in [2.05, 4.69) is 92.6 Å². The van der Waals surface area contributed by atoms with Gasteiger partial charge >= 0.3 is 21.7 Å². The van der Waals surface area contributed by atoms with E-state index < -0.39 is 8.24 Å². The number of hydrogen-bond acceptors (Lipinski definition) is 1. The fourth-order valence-electron chi connectivity index (χ4n) is 7.17. The maximum absolute atomic E-state index is 5.10. The summed E-state index contributed by atoms with van der Waals surface area (Å²) in [5.41, 5.74) is 6.60. The third-order valence-corrected chi connectivity index (χ3v) is 12.0. The first-order valence-corrected chi connectivity index (χ1v) is 14.8. The molecule has 2 fully saturated rings. The number of rotatable bonds is 4. The van der Waals surface area contributed by atoms with Crippen molar-refractivity contribution in [2.24, 2.45) is 17.8 Å². The summed E-state index contributed by atoms with van der Waals surface area (Å²) in [6.45, 7) is 7.41. The number of benzene rings is 2. The van der Waals surface area contributed by atoms with Crippen LogP contribution >= 0.6 is 0 Å². The second kappa shape index (κ2) is 12.2. The minimum absolute atomic E-state index is 0. The quantitative estimate of drug-likeness (QED) is 0.298. The molecule has 5 rings (SSSR count). The molecule has 182 valence electrons. The van der Waals surface area contributed by atoms with E-state index in [0.29, 0.717) is 17.5 Å². The van der Waals surface area contributed by atoms with Crippen LogP contribution in [-0.2, 0) is 21.7 Å². The van der Waals surface area contributed by atoms with Crippen molar-refractivity contribution < 1.29 is 21.7 Å². The molecule has 2 nitrogen and oxygen atoms in total. The minimum atomic E-state index is -1.72. The van der Waals surface area contributed by atoms with Crippen molar-refractivity contribution in [3.63, 3.8) is 0 Å². The van der Waals surface area contributed by atoms with E-state index in [1.807, 2.05) is 0 Å². The van der Waals surface area contributed by atoms with Crippen LogP contribution in [-0.4, -0.2) is 21.3 Å². The standard InChI is InChI=1S/C27H35N2Si.3CH3.Ti/c1-19-24(20-13-7-5-8-14-20)25-22-17-11-12-18-23(22)27(30(3,4)28-2)26(25)29(19)21-15-9-6-10-16-21;;;;/h5-10,13-16,22-23,25-27H,11-12,17-18H2,1-4H3;3*1H3;/q4*-1;+4. The Bertz CT molecular complexity index is 927. The van der Waals surface area contributed by atoms with Crippen molar-refractivity contribution in [2.75, 3.05) is 11.9 Å².